The second-order valence-electron chi connectivity index (χ2n) is 4.98. The van der Waals surface area contributed by atoms with Crippen molar-refractivity contribution in [2.24, 2.45) is 0 Å². The van der Waals surface area contributed by atoms with Gasteiger partial charge in [0.1, 0.15) is 11.3 Å². The summed E-state index contributed by atoms with van der Waals surface area (Å²) in [5, 5.41) is 0. The largest absolute Gasteiger partial charge is 0.322 e. The molecule has 0 bridgehead atoms. The first kappa shape index (κ1) is 14.1. The van der Waals surface area contributed by atoms with Gasteiger partial charge in [-0.3, -0.25) is 0 Å². The summed E-state index contributed by atoms with van der Waals surface area (Å²) in [5.41, 5.74) is 3.69. The van der Waals surface area contributed by atoms with Crippen molar-refractivity contribution in [3.05, 3.63) is 65.2 Å². The highest BCUT2D eigenvalue weighted by Gasteiger charge is 2.14. The lowest BCUT2D eigenvalue weighted by Crippen LogP contribution is -2.06. The van der Waals surface area contributed by atoms with Crippen molar-refractivity contribution in [3.63, 3.8) is 0 Å². The summed E-state index contributed by atoms with van der Waals surface area (Å²) in [4.78, 5) is 4.34. The third-order valence-electron chi connectivity index (χ3n) is 3.76. The summed E-state index contributed by atoms with van der Waals surface area (Å²) < 4.78 is 15.9. The van der Waals surface area contributed by atoms with Gasteiger partial charge in [0.2, 0.25) is 0 Å². The zero-order valence-electron chi connectivity index (χ0n) is 11.8. The molecule has 0 aliphatic heterocycles. The van der Waals surface area contributed by atoms with Gasteiger partial charge in [0.05, 0.1) is 11.4 Å². The van der Waals surface area contributed by atoms with Crippen molar-refractivity contribution >= 4 is 22.6 Å². The molecule has 0 saturated heterocycles. The molecule has 1 heterocycles. The topological polar surface area (TPSA) is 17.8 Å². The highest BCUT2D eigenvalue weighted by molar-refractivity contribution is 6.16. The molecule has 0 radical (unpaired) electrons. The quantitative estimate of drug-likeness (QED) is 0.648. The summed E-state index contributed by atoms with van der Waals surface area (Å²) in [7, 11) is 0. The van der Waals surface area contributed by atoms with E-state index in [0.717, 1.165) is 11.9 Å². The van der Waals surface area contributed by atoms with Gasteiger partial charge in [-0.05, 0) is 29.7 Å². The molecule has 0 spiro atoms. The highest BCUT2D eigenvalue weighted by atomic mass is 35.5. The zero-order chi connectivity index (χ0) is 14.8. The van der Waals surface area contributed by atoms with E-state index in [2.05, 4.69) is 24.0 Å². The fourth-order valence-corrected chi connectivity index (χ4v) is 2.87. The van der Waals surface area contributed by atoms with Crippen LogP contribution in [0.3, 0.4) is 0 Å². The van der Waals surface area contributed by atoms with E-state index in [1.807, 2.05) is 22.8 Å². The van der Waals surface area contributed by atoms with Crippen LogP contribution < -0.4 is 0 Å². The number of nitrogens with zero attached hydrogens (tertiary/aromatic N) is 2. The monoisotopic (exact) mass is 302 g/mol. The second kappa shape index (κ2) is 5.86. The molecule has 108 valence electrons. The molecule has 21 heavy (non-hydrogen) atoms. The Morgan fingerprint density at radius 1 is 1.10 bits per heavy atom. The summed E-state index contributed by atoms with van der Waals surface area (Å²) >= 11 is 5.99. The smallest absolute Gasteiger partial charge is 0.151 e. The second-order valence-corrected chi connectivity index (χ2v) is 5.24. The van der Waals surface area contributed by atoms with Crippen molar-refractivity contribution in [2.75, 3.05) is 0 Å². The molecule has 0 aliphatic rings. The van der Waals surface area contributed by atoms with Crippen molar-refractivity contribution in [3.8, 4) is 0 Å². The van der Waals surface area contributed by atoms with Gasteiger partial charge >= 0.3 is 0 Å². The minimum absolute atomic E-state index is 0.266. The van der Waals surface area contributed by atoms with E-state index in [9.17, 15) is 4.39 Å². The number of benzene rings is 2. The number of hydrogen-bond donors (Lipinski definition) is 0. The van der Waals surface area contributed by atoms with Gasteiger partial charge in [0, 0.05) is 6.54 Å². The van der Waals surface area contributed by atoms with E-state index in [1.54, 1.807) is 6.07 Å². The van der Waals surface area contributed by atoms with Crippen LogP contribution in [0.15, 0.2) is 42.5 Å². The van der Waals surface area contributed by atoms with E-state index >= 15 is 0 Å². The minimum Gasteiger partial charge on any atom is -0.322 e. The van der Waals surface area contributed by atoms with Crippen LogP contribution in [-0.4, -0.2) is 9.55 Å². The average Bonchev–Trinajstić information content (AvgIpc) is 2.87. The Kier molecular flexibility index (Phi) is 3.93. The van der Waals surface area contributed by atoms with E-state index in [4.69, 9.17) is 11.6 Å². The number of halogens is 2. The predicted octanol–water partition coefficient (Wildman–Crippen LogP) is 4.52. The lowest BCUT2D eigenvalue weighted by atomic mass is 10.1. The first-order valence-corrected chi connectivity index (χ1v) is 7.54. The summed E-state index contributed by atoms with van der Waals surface area (Å²) in [6, 6.07) is 13.3. The van der Waals surface area contributed by atoms with E-state index in [0.29, 0.717) is 17.9 Å². The third-order valence-corrected chi connectivity index (χ3v) is 4.00. The minimum atomic E-state index is -0.304. The highest BCUT2D eigenvalue weighted by Crippen LogP contribution is 2.22. The maximum atomic E-state index is 13.9. The fourth-order valence-electron chi connectivity index (χ4n) is 2.67. The molecular weight excluding hydrogens is 287 g/mol. The molecule has 0 fully saturated rings. The number of aryl methyl sites for hydroxylation is 1. The number of rotatable bonds is 4. The lowest BCUT2D eigenvalue weighted by Gasteiger charge is -2.11. The van der Waals surface area contributed by atoms with Gasteiger partial charge in [0.15, 0.2) is 5.82 Å². The Balaban J connectivity index is 2.13. The Morgan fingerprint density at radius 2 is 1.86 bits per heavy atom. The van der Waals surface area contributed by atoms with Crippen molar-refractivity contribution in [1.82, 2.24) is 9.55 Å². The average molecular weight is 303 g/mol. The standard InChI is InChI=1S/C17H16ClFN2/c1-2-12-6-3-4-7-13(12)11-21-15-9-5-8-14(19)17(15)20-16(21)10-18/h3-9H,2,10-11H2,1H3. The van der Waals surface area contributed by atoms with Crippen molar-refractivity contribution in [2.45, 2.75) is 25.8 Å². The molecule has 3 aromatic rings. The van der Waals surface area contributed by atoms with Gasteiger partial charge in [-0.25, -0.2) is 9.37 Å². The van der Waals surface area contributed by atoms with Crippen LogP contribution in [0.2, 0.25) is 0 Å². The molecule has 3 rings (SSSR count). The van der Waals surface area contributed by atoms with E-state index in [-0.39, 0.29) is 11.7 Å². The van der Waals surface area contributed by atoms with Gasteiger partial charge in [-0.2, -0.15) is 0 Å². The maximum absolute atomic E-state index is 13.9. The number of hydrogen-bond acceptors (Lipinski definition) is 1. The first-order valence-electron chi connectivity index (χ1n) is 7.01. The first-order chi connectivity index (χ1) is 10.2. The van der Waals surface area contributed by atoms with Crippen molar-refractivity contribution in [1.29, 1.82) is 0 Å². The SMILES string of the molecule is CCc1ccccc1Cn1c(CCl)nc2c(F)cccc21. The zero-order valence-corrected chi connectivity index (χ0v) is 12.6. The van der Waals surface area contributed by atoms with E-state index < -0.39 is 0 Å². The molecule has 0 amide bonds. The summed E-state index contributed by atoms with van der Waals surface area (Å²) in [6.07, 6.45) is 0.966. The number of alkyl halides is 1. The molecule has 0 aliphatic carbocycles. The van der Waals surface area contributed by atoms with Crippen LogP contribution in [0.25, 0.3) is 11.0 Å². The Bertz CT molecular complexity index is 780. The summed E-state index contributed by atoms with van der Waals surface area (Å²) in [6.45, 7) is 2.79. The van der Waals surface area contributed by atoms with Crippen LogP contribution in [0.1, 0.15) is 23.9 Å². The van der Waals surface area contributed by atoms with E-state index in [1.165, 1.54) is 17.2 Å². The van der Waals surface area contributed by atoms with Crippen LogP contribution in [0.5, 0.6) is 0 Å². The van der Waals surface area contributed by atoms with Crippen LogP contribution in [0, 0.1) is 5.82 Å². The van der Waals surface area contributed by atoms with Gasteiger partial charge in [-0.1, -0.05) is 37.3 Å². The molecule has 0 unspecified atom stereocenters. The van der Waals surface area contributed by atoms with Gasteiger partial charge in [-0.15, -0.1) is 11.6 Å². The molecule has 1 aromatic heterocycles. The number of imidazole rings is 1. The predicted molar refractivity (Wildman–Crippen MR) is 84.2 cm³/mol. The molecular formula is C17H16ClFN2. The number of aromatic nitrogens is 2. The molecule has 4 heteroatoms. The summed E-state index contributed by atoms with van der Waals surface area (Å²) in [5.74, 6) is 0.659. The molecule has 0 N–H and O–H groups in total. The van der Waals surface area contributed by atoms with Crippen LogP contribution >= 0.6 is 11.6 Å². The maximum Gasteiger partial charge on any atom is 0.151 e. The molecule has 2 nitrogen and oxygen atoms in total. The molecule has 0 saturated carbocycles. The Morgan fingerprint density at radius 3 is 2.57 bits per heavy atom. The lowest BCUT2D eigenvalue weighted by molar-refractivity contribution is 0.637. The van der Waals surface area contributed by atoms with Crippen LogP contribution in [0.4, 0.5) is 4.39 Å². The molecule has 0 atom stereocenters. The van der Waals surface area contributed by atoms with Crippen molar-refractivity contribution < 1.29 is 4.39 Å². The number of fused-ring (bicyclic) bond motifs is 1. The molecule has 2 aromatic carbocycles. The Labute approximate surface area is 128 Å². The van der Waals surface area contributed by atoms with Gasteiger partial charge in [0.25, 0.3) is 0 Å². The van der Waals surface area contributed by atoms with Crippen LogP contribution in [-0.2, 0) is 18.8 Å². The third kappa shape index (κ3) is 2.54. The van der Waals surface area contributed by atoms with Gasteiger partial charge < -0.3 is 4.57 Å². The number of para-hydroxylation sites is 1. The normalized spacial score (nSPS) is 11.2. The fraction of sp³-hybridized carbons (Fsp3) is 0.235. The Hall–Kier alpha value is -1.87.